The van der Waals surface area contributed by atoms with Crippen molar-refractivity contribution in [3.63, 3.8) is 0 Å². The van der Waals surface area contributed by atoms with Crippen molar-refractivity contribution in [1.29, 1.82) is 0 Å². The molecule has 0 aliphatic carbocycles. The molecule has 2 aromatic carbocycles. The molecular weight excluding hydrogens is 537 g/mol. The third kappa shape index (κ3) is 7.16. The highest BCUT2D eigenvalue weighted by Gasteiger charge is 2.13. The van der Waals surface area contributed by atoms with Gasteiger partial charge in [-0.3, -0.25) is 9.89 Å². The van der Waals surface area contributed by atoms with Gasteiger partial charge >= 0.3 is 0 Å². The smallest absolute Gasteiger partial charge is 0.191 e. The molecule has 7 nitrogen and oxygen atoms in total. The standard InChI is InChI=1S/C26H37N7.HI/c1-21-30-24-7-4-5-8-25(24)33(21)14-6-13-28-26(27-2)29-19-22-9-11-23(12-10-22)20-32-17-15-31(3)16-18-32;/h4-5,7-12H,6,13-20H2,1-3H3,(H2,27,28,29);1H. The summed E-state index contributed by atoms with van der Waals surface area (Å²) in [5, 5.41) is 6.86. The number of hydrogen-bond acceptors (Lipinski definition) is 4. The number of nitrogens with zero attached hydrogens (tertiary/aromatic N) is 5. The van der Waals surface area contributed by atoms with E-state index in [2.05, 4.69) is 91.4 Å². The SMILES string of the molecule is CN=C(NCCCn1c(C)nc2ccccc21)NCc1ccc(CN2CCN(C)CC2)cc1.I. The predicted octanol–water partition coefficient (Wildman–Crippen LogP) is 3.47. The van der Waals surface area contributed by atoms with Gasteiger partial charge in [0.15, 0.2) is 5.96 Å². The van der Waals surface area contributed by atoms with Crippen LogP contribution in [-0.2, 0) is 19.6 Å². The van der Waals surface area contributed by atoms with E-state index in [1.54, 1.807) is 0 Å². The third-order valence-corrected chi connectivity index (χ3v) is 6.40. The number of aliphatic imine (C=N–C) groups is 1. The summed E-state index contributed by atoms with van der Waals surface area (Å²) < 4.78 is 2.29. The lowest BCUT2D eigenvalue weighted by atomic mass is 10.1. The largest absolute Gasteiger partial charge is 0.356 e. The molecule has 0 saturated carbocycles. The van der Waals surface area contributed by atoms with Gasteiger partial charge < -0.3 is 20.1 Å². The highest BCUT2D eigenvalue weighted by molar-refractivity contribution is 14.0. The van der Waals surface area contributed by atoms with E-state index in [-0.39, 0.29) is 24.0 Å². The van der Waals surface area contributed by atoms with Crippen molar-refractivity contribution < 1.29 is 0 Å². The minimum atomic E-state index is 0. The molecule has 0 atom stereocenters. The van der Waals surface area contributed by atoms with Crippen molar-refractivity contribution in [3.05, 3.63) is 65.5 Å². The molecule has 3 aromatic rings. The van der Waals surface area contributed by atoms with Gasteiger partial charge in [-0.05, 0) is 43.7 Å². The van der Waals surface area contributed by atoms with Gasteiger partial charge in [0.1, 0.15) is 5.82 Å². The number of benzene rings is 2. The first-order chi connectivity index (χ1) is 16.1. The van der Waals surface area contributed by atoms with E-state index in [1.807, 2.05) is 13.1 Å². The zero-order valence-electron chi connectivity index (χ0n) is 20.6. The van der Waals surface area contributed by atoms with E-state index >= 15 is 0 Å². The van der Waals surface area contributed by atoms with Crippen LogP contribution in [0.2, 0.25) is 0 Å². The average Bonchev–Trinajstić information content (AvgIpc) is 3.16. The molecule has 184 valence electrons. The summed E-state index contributed by atoms with van der Waals surface area (Å²) in [7, 11) is 4.02. The maximum absolute atomic E-state index is 4.65. The van der Waals surface area contributed by atoms with Crippen LogP contribution in [0.3, 0.4) is 0 Å². The summed E-state index contributed by atoms with van der Waals surface area (Å²) in [6, 6.07) is 17.3. The molecule has 1 saturated heterocycles. The second-order valence-electron chi connectivity index (χ2n) is 8.90. The Hall–Kier alpha value is -2.17. The molecule has 0 bridgehead atoms. The van der Waals surface area contributed by atoms with Crippen LogP contribution in [0.5, 0.6) is 0 Å². The number of para-hydroxylation sites is 2. The van der Waals surface area contributed by atoms with Gasteiger partial charge in [-0.1, -0.05) is 36.4 Å². The van der Waals surface area contributed by atoms with Crippen LogP contribution >= 0.6 is 24.0 Å². The van der Waals surface area contributed by atoms with E-state index in [1.165, 1.54) is 16.6 Å². The first kappa shape index (κ1) is 26.4. The normalized spacial score (nSPS) is 15.3. The fourth-order valence-electron chi connectivity index (χ4n) is 4.36. The van der Waals surface area contributed by atoms with Crippen molar-refractivity contribution in [3.8, 4) is 0 Å². The first-order valence-corrected chi connectivity index (χ1v) is 12.0. The molecule has 0 spiro atoms. The molecular formula is C26H38IN7. The Labute approximate surface area is 220 Å². The highest BCUT2D eigenvalue weighted by Crippen LogP contribution is 2.15. The predicted molar refractivity (Wildman–Crippen MR) is 152 cm³/mol. The molecule has 2 heterocycles. The molecule has 1 aliphatic rings. The van der Waals surface area contributed by atoms with Crippen LogP contribution < -0.4 is 10.6 Å². The molecule has 34 heavy (non-hydrogen) atoms. The lowest BCUT2D eigenvalue weighted by Crippen LogP contribution is -2.43. The van der Waals surface area contributed by atoms with Crippen LogP contribution in [0, 0.1) is 6.92 Å². The molecule has 1 aliphatic heterocycles. The Morgan fingerprint density at radius 2 is 1.68 bits per heavy atom. The number of guanidine groups is 1. The fourth-order valence-corrected chi connectivity index (χ4v) is 4.36. The molecule has 0 unspecified atom stereocenters. The summed E-state index contributed by atoms with van der Waals surface area (Å²) in [5.41, 5.74) is 4.91. The van der Waals surface area contributed by atoms with Crippen molar-refractivity contribution in [2.24, 2.45) is 4.99 Å². The summed E-state index contributed by atoms with van der Waals surface area (Å²) in [6.45, 7) is 10.3. The number of nitrogens with one attached hydrogen (secondary N) is 2. The second-order valence-corrected chi connectivity index (χ2v) is 8.90. The number of aryl methyl sites for hydroxylation is 2. The van der Waals surface area contributed by atoms with Gasteiger partial charge in [0.25, 0.3) is 0 Å². The van der Waals surface area contributed by atoms with Crippen molar-refractivity contribution >= 4 is 41.0 Å². The van der Waals surface area contributed by atoms with E-state index in [4.69, 9.17) is 0 Å². The number of rotatable bonds is 8. The van der Waals surface area contributed by atoms with Crippen LogP contribution in [0.1, 0.15) is 23.4 Å². The van der Waals surface area contributed by atoms with Crippen LogP contribution in [0.25, 0.3) is 11.0 Å². The van der Waals surface area contributed by atoms with Gasteiger partial charge in [0, 0.05) is 59.4 Å². The minimum absolute atomic E-state index is 0. The van der Waals surface area contributed by atoms with Crippen LogP contribution in [-0.4, -0.2) is 72.1 Å². The topological polar surface area (TPSA) is 60.7 Å². The number of hydrogen-bond donors (Lipinski definition) is 2. The Morgan fingerprint density at radius 3 is 2.41 bits per heavy atom. The highest BCUT2D eigenvalue weighted by atomic mass is 127. The summed E-state index contributed by atoms with van der Waals surface area (Å²) in [6.07, 6.45) is 1.00. The molecule has 1 fully saturated rings. The Morgan fingerprint density at radius 1 is 0.971 bits per heavy atom. The van der Waals surface area contributed by atoms with E-state index < -0.39 is 0 Å². The maximum Gasteiger partial charge on any atom is 0.191 e. The van der Waals surface area contributed by atoms with Gasteiger partial charge in [0.05, 0.1) is 11.0 Å². The van der Waals surface area contributed by atoms with Crippen LogP contribution in [0.15, 0.2) is 53.5 Å². The quantitative estimate of drug-likeness (QED) is 0.187. The maximum atomic E-state index is 4.65. The second kappa shape index (κ2) is 13.1. The monoisotopic (exact) mass is 575 g/mol. The van der Waals surface area contributed by atoms with E-state index in [0.29, 0.717) is 0 Å². The minimum Gasteiger partial charge on any atom is -0.356 e. The van der Waals surface area contributed by atoms with E-state index in [9.17, 15) is 0 Å². The number of piperazine rings is 1. The van der Waals surface area contributed by atoms with Gasteiger partial charge in [-0.2, -0.15) is 0 Å². The van der Waals surface area contributed by atoms with Crippen molar-refractivity contribution in [1.82, 2.24) is 30.0 Å². The summed E-state index contributed by atoms with van der Waals surface area (Å²) in [4.78, 5) is 14.0. The lowest BCUT2D eigenvalue weighted by molar-refractivity contribution is 0.148. The molecule has 8 heteroatoms. The number of aromatic nitrogens is 2. The third-order valence-electron chi connectivity index (χ3n) is 6.40. The first-order valence-electron chi connectivity index (χ1n) is 12.0. The molecule has 1 aromatic heterocycles. The fraction of sp³-hybridized carbons (Fsp3) is 0.462. The average molecular weight is 576 g/mol. The molecule has 2 N–H and O–H groups in total. The zero-order chi connectivity index (χ0) is 23.0. The Kier molecular flexibility index (Phi) is 10.2. The number of likely N-dealkylation sites (N-methyl/N-ethyl adjacent to an activating group) is 1. The molecule has 0 amide bonds. The number of fused-ring (bicyclic) bond motifs is 1. The number of imidazole rings is 1. The Balaban J connectivity index is 0.00000324. The lowest BCUT2D eigenvalue weighted by Gasteiger charge is -2.32. The van der Waals surface area contributed by atoms with Crippen molar-refractivity contribution in [2.75, 3.05) is 46.8 Å². The molecule has 4 rings (SSSR count). The van der Waals surface area contributed by atoms with Gasteiger partial charge in [0.2, 0.25) is 0 Å². The van der Waals surface area contributed by atoms with Gasteiger partial charge in [-0.15, -0.1) is 24.0 Å². The Bertz CT molecular complexity index is 1050. The van der Waals surface area contributed by atoms with Crippen molar-refractivity contribution in [2.45, 2.75) is 33.0 Å². The summed E-state index contributed by atoms with van der Waals surface area (Å²) in [5.74, 6) is 1.90. The van der Waals surface area contributed by atoms with E-state index in [0.717, 1.165) is 76.1 Å². The molecule has 0 radical (unpaired) electrons. The zero-order valence-corrected chi connectivity index (χ0v) is 23.0. The summed E-state index contributed by atoms with van der Waals surface area (Å²) >= 11 is 0. The van der Waals surface area contributed by atoms with Gasteiger partial charge in [-0.25, -0.2) is 4.98 Å². The number of halogens is 1. The van der Waals surface area contributed by atoms with Crippen LogP contribution in [0.4, 0.5) is 0 Å².